The van der Waals surface area contributed by atoms with Gasteiger partial charge in [-0.05, 0) is 18.6 Å². The maximum absolute atomic E-state index is 12.1. The third-order valence-electron chi connectivity index (χ3n) is 3.40. The minimum Gasteiger partial charge on any atom is -0.496 e. The van der Waals surface area contributed by atoms with Crippen LogP contribution in [0.4, 0.5) is 11.4 Å². The van der Waals surface area contributed by atoms with Gasteiger partial charge in [-0.25, -0.2) is 0 Å². The van der Waals surface area contributed by atoms with Gasteiger partial charge in [-0.1, -0.05) is 0 Å². The van der Waals surface area contributed by atoms with Gasteiger partial charge >= 0.3 is 0 Å². The van der Waals surface area contributed by atoms with Crippen LogP contribution in [0.15, 0.2) is 18.2 Å². The van der Waals surface area contributed by atoms with Crippen LogP contribution in [0.25, 0.3) is 0 Å². The van der Waals surface area contributed by atoms with E-state index in [-0.39, 0.29) is 23.4 Å². The molecule has 0 aromatic heterocycles. The molecule has 2 rings (SSSR count). The quantitative estimate of drug-likeness (QED) is 0.618. The lowest BCUT2D eigenvalue weighted by molar-refractivity contribution is -0.384. The number of nitro benzene ring substituents is 1. The first-order valence-electron chi connectivity index (χ1n) is 6.44. The van der Waals surface area contributed by atoms with Gasteiger partial charge in [-0.15, -0.1) is 0 Å². The third kappa shape index (κ3) is 3.47. The number of methoxy groups -OCH3 is 2. The number of carbonyl (C=O) groups is 1. The van der Waals surface area contributed by atoms with Gasteiger partial charge in [0.1, 0.15) is 11.4 Å². The number of ether oxygens (including phenoxy) is 2. The Labute approximate surface area is 121 Å². The van der Waals surface area contributed by atoms with Crippen LogP contribution < -0.4 is 15.4 Å². The van der Waals surface area contributed by atoms with Gasteiger partial charge in [-0.3, -0.25) is 14.9 Å². The number of nitrogens with zero attached hydrogens (tertiary/aromatic N) is 1. The van der Waals surface area contributed by atoms with Crippen molar-refractivity contribution < 1.29 is 19.2 Å². The molecule has 114 valence electrons. The third-order valence-corrected chi connectivity index (χ3v) is 3.40. The molecule has 1 saturated heterocycles. The minimum atomic E-state index is -0.557. The largest absolute Gasteiger partial charge is 0.496 e. The molecule has 2 N–H and O–H groups in total. The number of amides is 1. The molecule has 2 unspecified atom stereocenters. The summed E-state index contributed by atoms with van der Waals surface area (Å²) in [5.41, 5.74) is -0.0579. The number of nitrogens with one attached hydrogen (secondary N) is 2. The Morgan fingerprint density at radius 1 is 1.48 bits per heavy atom. The molecule has 1 aliphatic rings. The number of carbonyl (C=O) groups excluding carboxylic acids is 1. The average Bonchev–Trinajstić information content (AvgIpc) is 2.96. The van der Waals surface area contributed by atoms with Crippen molar-refractivity contribution in [2.45, 2.75) is 18.6 Å². The van der Waals surface area contributed by atoms with Gasteiger partial charge in [0.2, 0.25) is 5.91 Å². The normalized spacial score (nSPS) is 21.0. The number of anilines is 1. The summed E-state index contributed by atoms with van der Waals surface area (Å²) in [4.78, 5) is 22.6. The Morgan fingerprint density at radius 3 is 2.81 bits per heavy atom. The molecule has 0 radical (unpaired) electrons. The topological polar surface area (TPSA) is 103 Å². The van der Waals surface area contributed by atoms with Crippen LogP contribution in [-0.4, -0.2) is 43.7 Å². The molecule has 1 aliphatic heterocycles. The summed E-state index contributed by atoms with van der Waals surface area (Å²) in [6.07, 6.45) is 0.512. The number of hydrogen-bond acceptors (Lipinski definition) is 6. The molecule has 0 saturated carbocycles. The second-order valence-electron chi connectivity index (χ2n) is 4.68. The summed E-state index contributed by atoms with van der Waals surface area (Å²) < 4.78 is 10.1. The molecule has 1 aromatic rings. The minimum absolute atomic E-state index is 0.0217. The van der Waals surface area contributed by atoms with Crippen LogP contribution in [0.1, 0.15) is 6.42 Å². The van der Waals surface area contributed by atoms with E-state index in [2.05, 4.69) is 10.6 Å². The highest BCUT2D eigenvalue weighted by Gasteiger charge is 2.30. The Kier molecular flexibility index (Phi) is 4.71. The van der Waals surface area contributed by atoms with Gasteiger partial charge < -0.3 is 20.1 Å². The van der Waals surface area contributed by atoms with Crippen molar-refractivity contribution in [3.8, 4) is 5.75 Å². The Balaban J connectivity index is 2.12. The van der Waals surface area contributed by atoms with E-state index in [0.717, 1.165) is 0 Å². The van der Waals surface area contributed by atoms with Crippen molar-refractivity contribution in [3.63, 3.8) is 0 Å². The molecular formula is C13H17N3O5. The molecule has 1 fully saturated rings. The van der Waals surface area contributed by atoms with E-state index in [0.29, 0.717) is 18.7 Å². The monoisotopic (exact) mass is 295 g/mol. The second-order valence-corrected chi connectivity index (χ2v) is 4.68. The molecule has 21 heavy (non-hydrogen) atoms. The fraction of sp³-hybridized carbons (Fsp3) is 0.462. The molecule has 8 heteroatoms. The number of rotatable bonds is 5. The summed E-state index contributed by atoms with van der Waals surface area (Å²) in [5, 5.41) is 16.6. The molecule has 1 aromatic carbocycles. The summed E-state index contributed by atoms with van der Waals surface area (Å²) in [7, 11) is 3.01. The van der Waals surface area contributed by atoms with Gasteiger partial charge in [0.15, 0.2) is 0 Å². The van der Waals surface area contributed by atoms with E-state index >= 15 is 0 Å². The van der Waals surface area contributed by atoms with Gasteiger partial charge in [0.05, 0.1) is 30.2 Å². The zero-order chi connectivity index (χ0) is 15.4. The van der Waals surface area contributed by atoms with Crippen LogP contribution in [0.2, 0.25) is 0 Å². The van der Waals surface area contributed by atoms with Crippen LogP contribution in [0, 0.1) is 10.1 Å². The summed E-state index contributed by atoms with van der Waals surface area (Å²) in [5.74, 6) is 0.0426. The van der Waals surface area contributed by atoms with Gasteiger partial charge in [0.25, 0.3) is 5.69 Å². The summed E-state index contributed by atoms with van der Waals surface area (Å²) in [6, 6.07) is 3.87. The number of hydrogen-bond donors (Lipinski definition) is 2. The van der Waals surface area contributed by atoms with Crippen molar-refractivity contribution >= 4 is 17.3 Å². The van der Waals surface area contributed by atoms with Crippen molar-refractivity contribution in [3.05, 3.63) is 28.3 Å². The molecule has 0 bridgehead atoms. The Bertz CT molecular complexity index is 549. The van der Waals surface area contributed by atoms with Gasteiger partial charge in [0, 0.05) is 13.7 Å². The van der Waals surface area contributed by atoms with Crippen molar-refractivity contribution in [2.75, 3.05) is 26.1 Å². The highest BCUT2D eigenvalue weighted by Crippen LogP contribution is 2.29. The van der Waals surface area contributed by atoms with Crippen LogP contribution >= 0.6 is 0 Å². The lowest BCUT2D eigenvalue weighted by Crippen LogP contribution is -2.35. The van der Waals surface area contributed by atoms with Gasteiger partial charge in [-0.2, -0.15) is 0 Å². The maximum Gasteiger partial charge on any atom is 0.296 e. The average molecular weight is 295 g/mol. The maximum atomic E-state index is 12.1. The SMILES string of the molecule is COc1ccc(NC(=O)C2CC(OC)CN2)c([N+](=O)[O-])c1. The van der Waals surface area contributed by atoms with E-state index < -0.39 is 11.0 Å². The molecule has 2 atom stereocenters. The van der Waals surface area contributed by atoms with Crippen molar-refractivity contribution in [1.82, 2.24) is 5.32 Å². The van der Waals surface area contributed by atoms with Crippen LogP contribution in [-0.2, 0) is 9.53 Å². The van der Waals surface area contributed by atoms with E-state index in [1.165, 1.54) is 19.2 Å². The van der Waals surface area contributed by atoms with Crippen LogP contribution in [0.3, 0.4) is 0 Å². The zero-order valence-electron chi connectivity index (χ0n) is 11.8. The summed E-state index contributed by atoms with van der Waals surface area (Å²) in [6.45, 7) is 0.583. The summed E-state index contributed by atoms with van der Waals surface area (Å²) >= 11 is 0. The predicted octanol–water partition coefficient (Wildman–Crippen LogP) is 0.919. The molecule has 1 amide bonds. The molecule has 8 nitrogen and oxygen atoms in total. The standard InChI is InChI=1S/C13H17N3O5/c1-20-8-3-4-10(12(6-8)16(18)19)15-13(17)11-5-9(21-2)7-14-11/h3-4,6,9,11,14H,5,7H2,1-2H3,(H,15,17). The van der Waals surface area contributed by atoms with Crippen molar-refractivity contribution in [1.29, 1.82) is 0 Å². The fourth-order valence-corrected chi connectivity index (χ4v) is 2.20. The smallest absolute Gasteiger partial charge is 0.296 e. The first-order valence-corrected chi connectivity index (χ1v) is 6.44. The lowest BCUT2D eigenvalue weighted by Gasteiger charge is -2.12. The first kappa shape index (κ1) is 15.2. The van der Waals surface area contributed by atoms with Crippen LogP contribution in [0.5, 0.6) is 5.75 Å². The highest BCUT2D eigenvalue weighted by atomic mass is 16.6. The number of nitro groups is 1. The Hall–Kier alpha value is -2.19. The van der Waals surface area contributed by atoms with E-state index in [4.69, 9.17) is 9.47 Å². The highest BCUT2D eigenvalue weighted by molar-refractivity contribution is 5.97. The van der Waals surface area contributed by atoms with E-state index in [1.54, 1.807) is 13.2 Å². The molecule has 1 heterocycles. The Morgan fingerprint density at radius 2 is 2.24 bits per heavy atom. The number of benzene rings is 1. The molecule has 0 aliphatic carbocycles. The fourth-order valence-electron chi connectivity index (χ4n) is 2.20. The zero-order valence-corrected chi connectivity index (χ0v) is 11.8. The molecule has 0 spiro atoms. The predicted molar refractivity (Wildman–Crippen MR) is 75.5 cm³/mol. The van der Waals surface area contributed by atoms with E-state index in [9.17, 15) is 14.9 Å². The molecular weight excluding hydrogens is 278 g/mol. The van der Waals surface area contributed by atoms with Crippen molar-refractivity contribution in [2.24, 2.45) is 0 Å². The lowest BCUT2D eigenvalue weighted by atomic mass is 10.2. The second kappa shape index (κ2) is 6.51. The van der Waals surface area contributed by atoms with E-state index in [1.807, 2.05) is 0 Å². The first-order chi connectivity index (χ1) is 10.0.